The summed E-state index contributed by atoms with van der Waals surface area (Å²) in [5, 5.41) is 8.90. The molecule has 5 rings (SSSR count). The predicted octanol–water partition coefficient (Wildman–Crippen LogP) is 2.26. The number of fused-ring (bicyclic) bond motifs is 2. The van der Waals surface area contributed by atoms with E-state index >= 15 is 0 Å². The topological polar surface area (TPSA) is 54.3 Å². The Morgan fingerprint density at radius 3 is 2.52 bits per heavy atom. The number of rotatable bonds is 2. The van der Waals surface area contributed by atoms with Gasteiger partial charge in [0.25, 0.3) is 0 Å². The number of halogens is 1. The van der Waals surface area contributed by atoms with Gasteiger partial charge in [-0.2, -0.15) is 0 Å². The lowest BCUT2D eigenvalue weighted by Gasteiger charge is -2.48. The largest absolute Gasteiger partial charge is 0.342 e. The summed E-state index contributed by atoms with van der Waals surface area (Å²) < 4.78 is 15.6. The molecule has 6 nitrogen and oxygen atoms in total. The molecular weight excluding hydrogens is 345 g/mol. The number of benzene rings is 1. The summed E-state index contributed by atoms with van der Waals surface area (Å²) >= 11 is 0. The number of hydrogen-bond acceptors (Lipinski definition) is 4. The Labute approximate surface area is 158 Å². The number of likely N-dealkylation sites (tertiary alicyclic amines) is 1. The van der Waals surface area contributed by atoms with Crippen molar-refractivity contribution < 1.29 is 9.18 Å². The maximum absolute atomic E-state index is 13.4. The van der Waals surface area contributed by atoms with Crippen molar-refractivity contribution in [3.63, 3.8) is 0 Å². The van der Waals surface area contributed by atoms with Gasteiger partial charge in [-0.1, -0.05) is 0 Å². The van der Waals surface area contributed by atoms with Crippen molar-refractivity contribution in [2.24, 2.45) is 5.92 Å². The van der Waals surface area contributed by atoms with Gasteiger partial charge < -0.3 is 9.47 Å². The van der Waals surface area contributed by atoms with E-state index in [4.69, 9.17) is 0 Å². The normalized spacial score (nSPS) is 22.1. The molecule has 27 heavy (non-hydrogen) atoms. The highest BCUT2D eigenvalue weighted by atomic mass is 19.1. The van der Waals surface area contributed by atoms with Gasteiger partial charge in [0.15, 0.2) is 5.82 Å². The zero-order valence-electron chi connectivity index (χ0n) is 15.6. The molecule has 3 aliphatic rings. The Balaban J connectivity index is 1.49. The Hall–Kier alpha value is -2.28. The van der Waals surface area contributed by atoms with E-state index in [2.05, 4.69) is 26.7 Å². The maximum Gasteiger partial charge on any atom is 0.225 e. The van der Waals surface area contributed by atoms with Crippen LogP contribution in [0.4, 0.5) is 4.39 Å². The first-order chi connectivity index (χ1) is 13.1. The third kappa shape index (κ3) is 2.84. The Morgan fingerprint density at radius 2 is 1.85 bits per heavy atom. The second kappa shape index (κ2) is 6.12. The average molecular weight is 369 g/mol. The molecule has 0 atom stereocenters. The lowest BCUT2D eigenvalue weighted by atomic mass is 9.84. The van der Waals surface area contributed by atoms with Crippen LogP contribution in [0.3, 0.4) is 0 Å². The zero-order chi connectivity index (χ0) is 18.6. The number of aromatic nitrogens is 3. The molecule has 3 heterocycles. The number of nitrogens with zero attached hydrogens (tertiary/aromatic N) is 5. The molecule has 1 saturated heterocycles. The van der Waals surface area contributed by atoms with E-state index in [1.165, 1.54) is 12.1 Å². The van der Waals surface area contributed by atoms with Crippen LogP contribution in [-0.2, 0) is 16.9 Å². The molecule has 2 fully saturated rings. The molecule has 0 N–H and O–H groups in total. The minimum atomic E-state index is -0.251. The minimum absolute atomic E-state index is 0.115. The van der Waals surface area contributed by atoms with Crippen molar-refractivity contribution >= 4 is 5.91 Å². The second-order valence-electron chi connectivity index (χ2n) is 8.28. The third-order valence-electron chi connectivity index (χ3n) is 6.21. The van der Waals surface area contributed by atoms with Gasteiger partial charge in [-0.15, -0.1) is 10.2 Å². The van der Waals surface area contributed by atoms with E-state index in [0.717, 1.165) is 69.1 Å². The van der Waals surface area contributed by atoms with Crippen LogP contribution < -0.4 is 0 Å². The van der Waals surface area contributed by atoms with Crippen molar-refractivity contribution in [3.05, 3.63) is 35.9 Å². The highest BCUT2D eigenvalue weighted by molar-refractivity contribution is 5.81. The fraction of sp³-hybridized carbons (Fsp3) is 0.550. The molecule has 1 aromatic heterocycles. The van der Waals surface area contributed by atoms with E-state index in [1.807, 2.05) is 4.90 Å². The summed E-state index contributed by atoms with van der Waals surface area (Å²) in [6, 6.07) is 6.47. The first-order valence-corrected chi connectivity index (χ1v) is 9.74. The van der Waals surface area contributed by atoms with E-state index < -0.39 is 0 Å². The molecule has 7 heteroatoms. The highest BCUT2D eigenvalue weighted by Crippen LogP contribution is 2.40. The fourth-order valence-electron chi connectivity index (χ4n) is 4.69. The summed E-state index contributed by atoms with van der Waals surface area (Å²) in [6.45, 7) is 3.23. The molecule has 142 valence electrons. The molecule has 2 aliphatic heterocycles. The standard InChI is InChI=1S/C20H24FN5O/c1-24-12-17-22-23-18(14-4-6-16(21)7-5-14)26(17)20(13-24)8-10-25(11-9-20)19(27)15-2-3-15/h4-7,15H,2-3,8-13H2,1H3. The van der Waals surface area contributed by atoms with Crippen LogP contribution >= 0.6 is 0 Å². The van der Waals surface area contributed by atoms with Crippen molar-refractivity contribution in [3.8, 4) is 11.4 Å². The molecule has 2 aromatic rings. The molecule has 1 aromatic carbocycles. The number of carbonyl (C=O) groups is 1. The van der Waals surface area contributed by atoms with Gasteiger partial charge in [-0.05, 0) is 57.0 Å². The summed E-state index contributed by atoms with van der Waals surface area (Å²) in [5.41, 5.74) is 0.770. The minimum Gasteiger partial charge on any atom is -0.342 e. The van der Waals surface area contributed by atoms with Gasteiger partial charge in [-0.25, -0.2) is 4.39 Å². The molecular formula is C20H24FN5O. The number of hydrogen-bond donors (Lipinski definition) is 0. The van der Waals surface area contributed by atoms with E-state index in [9.17, 15) is 9.18 Å². The first kappa shape index (κ1) is 16.9. The predicted molar refractivity (Wildman–Crippen MR) is 98.3 cm³/mol. The van der Waals surface area contributed by atoms with Crippen LogP contribution in [0.5, 0.6) is 0 Å². The van der Waals surface area contributed by atoms with Crippen LogP contribution in [-0.4, -0.2) is 57.2 Å². The van der Waals surface area contributed by atoms with Gasteiger partial charge in [0, 0.05) is 31.1 Å². The highest BCUT2D eigenvalue weighted by Gasteiger charge is 2.45. The van der Waals surface area contributed by atoms with Gasteiger partial charge in [0.2, 0.25) is 5.91 Å². The Morgan fingerprint density at radius 1 is 1.15 bits per heavy atom. The van der Waals surface area contributed by atoms with Crippen LogP contribution in [0.25, 0.3) is 11.4 Å². The number of amides is 1. The lowest BCUT2D eigenvalue weighted by molar-refractivity contribution is -0.135. The molecule has 1 spiro atoms. The van der Waals surface area contributed by atoms with E-state index in [1.54, 1.807) is 12.1 Å². The van der Waals surface area contributed by atoms with Gasteiger partial charge in [0.05, 0.1) is 12.1 Å². The van der Waals surface area contributed by atoms with Crippen molar-refractivity contribution in [1.29, 1.82) is 0 Å². The molecule has 1 saturated carbocycles. The summed E-state index contributed by atoms with van der Waals surface area (Å²) in [5.74, 6) is 2.11. The molecule has 1 amide bonds. The Bertz CT molecular complexity index is 865. The Kier molecular flexibility index (Phi) is 3.82. The second-order valence-corrected chi connectivity index (χ2v) is 8.28. The third-order valence-corrected chi connectivity index (χ3v) is 6.21. The molecule has 1 aliphatic carbocycles. The van der Waals surface area contributed by atoms with Gasteiger partial charge in [-0.3, -0.25) is 9.69 Å². The molecule has 0 radical (unpaired) electrons. The van der Waals surface area contributed by atoms with Crippen molar-refractivity contribution in [2.45, 2.75) is 37.8 Å². The smallest absolute Gasteiger partial charge is 0.225 e. The molecule has 0 bridgehead atoms. The van der Waals surface area contributed by atoms with Crippen LogP contribution in [0.15, 0.2) is 24.3 Å². The number of likely N-dealkylation sites (N-methyl/N-ethyl adjacent to an activating group) is 1. The number of piperidine rings is 1. The number of carbonyl (C=O) groups excluding carboxylic acids is 1. The maximum atomic E-state index is 13.4. The molecule has 0 unspecified atom stereocenters. The average Bonchev–Trinajstić information content (AvgIpc) is 3.42. The quantitative estimate of drug-likeness (QED) is 0.815. The zero-order valence-corrected chi connectivity index (χ0v) is 15.6. The van der Waals surface area contributed by atoms with Crippen LogP contribution in [0.1, 0.15) is 31.5 Å². The fourth-order valence-corrected chi connectivity index (χ4v) is 4.69. The van der Waals surface area contributed by atoms with Crippen molar-refractivity contribution in [1.82, 2.24) is 24.6 Å². The lowest BCUT2D eigenvalue weighted by Crippen LogP contribution is -2.56. The monoisotopic (exact) mass is 369 g/mol. The van der Waals surface area contributed by atoms with E-state index in [-0.39, 0.29) is 17.3 Å². The summed E-state index contributed by atoms with van der Waals surface area (Å²) in [7, 11) is 2.11. The SMILES string of the molecule is CN1Cc2nnc(-c3ccc(F)cc3)n2C2(CCN(C(=O)C3CC3)CC2)C1. The van der Waals surface area contributed by atoms with E-state index in [0.29, 0.717) is 5.91 Å². The van der Waals surface area contributed by atoms with Crippen LogP contribution in [0.2, 0.25) is 0 Å². The van der Waals surface area contributed by atoms with Gasteiger partial charge in [0.1, 0.15) is 11.6 Å². The summed E-state index contributed by atoms with van der Waals surface area (Å²) in [4.78, 5) is 16.8. The summed E-state index contributed by atoms with van der Waals surface area (Å²) in [6.07, 6.45) is 3.89. The van der Waals surface area contributed by atoms with Crippen LogP contribution in [0, 0.1) is 11.7 Å². The van der Waals surface area contributed by atoms with Gasteiger partial charge >= 0.3 is 0 Å². The van der Waals surface area contributed by atoms with Crippen molar-refractivity contribution in [2.75, 3.05) is 26.7 Å². The first-order valence-electron chi connectivity index (χ1n) is 9.74.